The van der Waals surface area contributed by atoms with Gasteiger partial charge in [0, 0.05) is 20.3 Å². The fourth-order valence-corrected chi connectivity index (χ4v) is 3.23. The van der Waals surface area contributed by atoms with Crippen LogP contribution in [0.15, 0.2) is 60.9 Å². The monoisotopic (exact) mass is 375 g/mol. The molecule has 2 heterocycles. The second-order valence-corrected chi connectivity index (χ2v) is 6.58. The molecule has 4 rings (SSSR count). The molecular formula is C21H21N5O2. The highest BCUT2D eigenvalue weighted by atomic mass is 16.5. The zero-order valence-corrected chi connectivity index (χ0v) is 16.0. The van der Waals surface area contributed by atoms with Crippen LogP contribution in [0, 0.1) is 0 Å². The summed E-state index contributed by atoms with van der Waals surface area (Å²) in [4.78, 5) is 19.2. The highest BCUT2D eigenvalue weighted by Crippen LogP contribution is 2.22. The number of aryl methyl sites for hydroxylation is 1. The fraction of sp³-hybridized carbons (Fsp3) is 0.190. The van der Waals surface area contributed by atoms with E-state index in [-0.39, 0.29) is 5.91 Å². The van der Waals surface area contributed by atoms with Gasteiger partial charge in [0.2, 0.25) is 0 Å². The largest absolute Gasteiger partial charge is 0.494 e. The van der Waals surface area contributed by atoms with E-state index in [1.54, 1.807) is 36.1 Å². The van der Waals surface area contributed by atoms with E-state index in [1.807, 2.05) is 60.1 Å². The first-order chi connectivity index (χ1) is 13.6. The number of hydrogen-bond acceptors (Lipinski definition) is 4. The molecule has 0 fully saturated rings. The molecule has 7 nitrogen and oxygen atoms in total. The molecule has 7 heteroatoms. The minimum absolute atomic E-state index is 0.117. The molecule has 0 saturated heterocycles. The summed E-state index contributed by atoms with van der Waals surface area (Å²) in [5.74, 6) is 1.40. The van der Waals surface area contributed by atoms with E-state index in [4.69, 9.17) is 4.74 Å². The van der Waals surface area contributed by atoms with Gasteiger partial charge in [0.15, 0.2) is 0 Å². The van der Waals surface area contributed by atoms with Crippen LogP contribution in [0.5, 0.6) is 5.75 Å². The molecule has 28 heavy (non-hydrogen) atoms. The van der Waals surface area contributed by atoms with Gasteiger partial charge >= 0.3 is 0 Å². The van der Waals surface area contributed by atoms with Crippen molar-refractivity contribution in [2.45, 2.75) is 6.54 Å². The van der Waals surface area contributed by atoms with Crippen molar-refractivity contribution in [1.29, 1.82) is 0 Å². The maximum Gasteiger partial charge on any atom is 0.257 e. The van der Waals surface area contributed by atoms with Crippen molar-refractivity contribution in [3.63, 3.8) is 0 Å². The van der Waals surface area contributed by atoms with Crippen LogP contribution in [-0.2, 0) is 13.6 Å². The van der Waals surface area contributed by atoms with E-state index in [2.05, 4.69) is 10.1 Å². The average Bonchev–Trinajstić information content (AvgIpc) is 3.33. The van der Waals surface area contributed by atoms with Gasteiger partial charge in [-0.1, -0.05) is 24.3 Å². The van der Waals surface area contributed by atoms with Crippen molar-refractivity contribution in [2.24, 2.45) is 7.05 Å². The first-order valence-electron chi connectivity index (χ1n) is 8.92. The Morgan fingerprint density at radius 1 is 1.14 bits per heavy atom. The van der Waals surface area contributed by atoms with Gasteiger partial charge in [-0.15, -0.1) is 0 Å². The van der Waals surface area contributed by atoms with E-state index in [1.165, 1.54) is 0 Å². The summed E-state index contributed by atoms with van der Waals surface area (Å²) in [5.41, 5.74) is 3.25. The quantitative estimate of drug-likeness (QED) is 0.538. The molecule has 0 unspecified atom stereocenters. The fourth-order valence-electron chi connectivity index (χ4n) is 3.23. The molecule has 0 bridgehead atoms. The van der Waals surface area contributed by atoms with Crippen LogP contribution in [0.25, 0.3) is 16.7 Å². The van der Waals surface area contributed by atoms with Crippen LogP contribution in [0.1, 0.15) is 16.2 Å². The highest BCUT2D eigenvalue weighted by Gasteiger charge is 2.18. The van der Waals surface area contributed by atoms with Crippen LogP contribution in [-0.4, -0.2) is 44.3 Å². The number of benzene rings is 2. The minimum atomic E-state index is -0.117. The van der Waals surface area contributed by atoms with Crippen molar-refractivity contribution in [2.75, 3.05) is 14.2 Å². The van der Waals surface area contributed by atoms with Crippen LogP contribution in [0.2, 0.25) is 0 Å². The Morgan fingerprint density at radius 2 is 1.89 bits per heavy atom. The molecule has 142 valence electrons. The summed E-state index contributed by atoms with van der Waals surface area (Å²) in [7, 11) is 5.34. The lowest BCUT2D eigenvalue weighted by Crippen LogP contribution is -2.27. The summed E-state index contributed by atoms with van der Waals surface area (Å²) in [6.45, 7) is 0.407. The number of rotatable bonds is 5. The Kier molecular flexibility index (Phi) is 4.57. The molecule has 0 spiro atoms. The molecule has 2 aromatic heterocycles. The number of amides is 1. The summed E-state index contributed by atoms with van der Waals surface area (Å²) >= 11 is 0. The number of para-hydroxylation sites is 4. The van der Waals surface area contributed by atoms with E-state index in [0.29, 0.717) is 17.9 Å². The number of imidazole rings is 1. The molecule has 0 saturated carbocycles. The van der Waals surface area contributed by atoms with E-state index >= 15 is 0 Å². The number of ether oxygens (including phenoxy) is 1. The lowest BCUT2D eigenvalue weighted by atomic mass is 10.3. The first-order valence-corrected chi connectivity index (χ1v) is 8.92. The molecular weight excluding hydrogens is 354 g/mol. The molecule has 0 N–H and O–H groups in total. The minimum Gasteiger partial charge on any atom is -0.494 e. The van der Waals surface area contributed by atoms with E-state index in [9.17, 15) is 4.79 Å². The van der Waals surface area contributed by atoms with Gasteiger partial charge in [0.05, 0.1) is 36.4 Å². The zero-order chi connectivity index (χ0) is 19.7. The molecule has 2 aromatic carbocycles. The third-order valence-electron chi connectivity index (χ3n) is 4.77. The molecule has 0 aliphatic carbocycles. The SMILES string of the molecule is COc1ccccc1-n1cc(C(=O)N(C)Cc2nc3ccccc3n2C)cn1. The number of hydrogen-bond donors (Lipinski definition) is 0. The first kappa shape index (κ1) is 17.8. The summed E-state index contributed by atoms with van der Waals surface area (Å²) in [5, 5.41) is 4.33. The number of carbonyl (C=O) groups excluding carboxylic acids is 1. The highest BCUT2D eigenvalue weighted by molar-refractivity contribution is 5.93. The number of carbonyl (C=O) groups is 1. The van der Waals surface area contributed by atoms with Gasteiger partial charge in [-0.05, 0) is 24.3 Å². The van der Waals surface area contributed by atoms with Gasteiger partial charge < -0.3 is 14.2 Å². The summed E-state index contributed by atoms with van der Waals surface area (Å²) < 4.78 is 9.03. The van der Waals surface area contributed by atoms with Gasteiger partial charge in [-0.3, -0.25) is 4.79 Å². The summed E-state index contributed by atoms with van der Waals surface area (Å²) in [6, 6.07) is 15.5. The lowest BCUT2D eigenvalue weighted by Gasteiger charge is -2.16. The van der Waals surface area contributed by atoms with Gasteiger partial charge in [0.25, 0.3) is 5.91 Å². The van der Waals surface area contributed by atoms with Crippen LogP contribution in [0.4, 0.5) is 0 Å². The van der Waals surface area contributed by atoms with E-state index < -0.39 is 0 Å². The second kappa shape index (κ2) is 7.19. The Morgan fingerprint density at radius 3 is 2.68 bits per heavy atom. The molecule has 1 amide bonds. The van der Waals surface area contributed by atoms with E-state index in [0.717, 1.165) is 22.5 Å². The predicted octanol–water partition coefficient (Wildman–Crippen LogP) is 3.04. The zero-order valence-electron chi connectivity index (χ0n) is 16.0. The predicted molar refractivity (Wildman–Crippen MR) is 107 cm³/mol. The molecule has 0 aliphatic heterocycles. The lowest BCUT2D eigenvalue weighted by molar-refractivity contribution is 0.0780. The van der Waals surface area contributed by atoms with Crippen LogP contribution >= 0.6 is 0 Å². The van der Waals surface area contributed by atoms with Crippen molar-refractivity contribution >= 4 is 16.9 Å². The van der Waals surface area contributed by atoms with Gasteiger partial charge in [-0.25, -0.2) is 9.67 Å². The maximum atomic E-state index is 12.9. The van der Waals surface area contributed by atoms with Crippen molar-refractivity contribution in [1.82, 2.24) is 24.2 Å². The number of methoxy groups -OCH3 is 1. The molecule has 0 aliphatic rings. The number of nitrogens with zero attached hydrogens (tertiary/aromatic N) is 5. The van der Waals surface area contributed by atoms with Gasteiger partial charge in [-0.2, -0.15) is 5.10 Å². The van der Waals surface area contributed by atoms with Crippen molar-refractivity contribution in [3.05, 3.63) is 72.3 Å². The Hall–Kier alpha value is -3.61. The second-order valence-electron chi connectivity index (χ2n) is 6.58. The third-order valence-corrected chi connectivity index (χ3v) is 4.77. The van der Waals surface area contributed by atoms with Crippen LogP contribution < -0.4 is 4.74 Å². The van der Waals surface area contributed by atoms with Crippen molar-refractivity contribution < 1.29 is 9.53 Å². The van der Waals surface area contributed by atoms with Crippen LogP contribution in [0.3, 0.4) is 0 Å². The Bertz CT molecular complexity index is 1140. The maximum absolute atomic E-state index is 12.9. The normalized spacial score (nSPS) is 11.0. The summed E-state index contributed by atoms with van der Waals surface area (Å²) in [6.07, 6.45) is 3.28. The Balaban J connectivity index is 1.56. The third kappa shape index (κ3) is 3.11. The topological polar surface area (TPSA) is 65.2 Å². The number of fused-ring (bicyclic) bond motifs is 1. The van der Waals surface area contributed by atoms with Gasteiger partial charge in [0.1, 0.15) is 17.3 Å². The standard InChI is InChI=1S/C21H21N5O2/c1-24(14-20-23-16-8-4-5-9-17(16)25(20)2)21(27)15-12-22-26(13-15)18-10-6-7-11-19(18)28-3/h4-13H,14H2,1-3H3. The molecule has 0 atom stereocenters. The number of aromatic nitrogens is 4. The molecule has 4 aromatic rings. The smallest absolute Gasteiger partial charge is 0.257 e. The Labute approximate surface area is 162 Å². The average molecular weight is 375 g/mol. The van der Waals surface area contributed by atoms with Crippen molar-refractivity contribution in [3.8, 4) is 11.4 Å². The molecule has 0 radical (unpaired) electrons.